The van der Waals surface area contributed by atoms with E-state index in [-0.39, 0.29) is 5.97 Å². The number of para-hydroxylation sites is 1. The summed E-state index contributed by atoms with van der Waals surface area (Å²) in [4.78, 5) is 15.9. The van der Waals surface area contributed by atoms with Crippen molar-refractivity contribution in [2.24, 2.45) is 5.73 Å². The Kier molecular flexibility index (Phi) is 6.02. The smallest absolute Gasteiger partial charge is 0.322 e. The highest BCUT2D eigenvalue weighted by Gasteiger charge is 2.13. The maximum absolute atomic E-state index is 11.4. The standard InChI is InChI=1S/C16H20N2O2S/c1-2-20-16(19)14(17)8-10-21-11-13-6-3-5-12-7-4-9-18-15(12)13/h3-7,9,14H,2,8,10-11,17H2,1H3. The topological polar surface area (TPSA) is 65.2 Å². The first-order chi connectivity index (χ1) is 10.2. The Balaban J connectivity index is 1.84. The molecule has 2 rings (SSSR count). The number of esters is 1. The molecule has 0 spiro atoms. The van der Waals surface area contributed by atoms with E-state index in [4.69, 9.17) is 10.5 Å². The molecule has 1 atom stereocenters. The average molecular weight is 304 g/mol. The van der Waals surface area contributed by atoms with Gasteiger partial charge in [0.25, 0.3) is 0 Å². The molecular formula is C16H20N2O2S. The Labute approximate surface area is 129 Å². The summed E-state index contributed by atoms with van der Waals surface area (Å²) in [5.74, 6) is 1.37. The predicted molar refractivity (Wildman–Crippen MR) is 87.1 cm³/mol. The first kappa shape index (κ1) is 15.8. The minimum atomic E-state index is -0.525. The van der Waals surface area contributed by atoms with Crippen LogP contribution >= 0.6 is 11.8 Å². The third kappa shape index (κ3) is 4.44. The Bertz CT molecular complexity index is 598. The van der Waals surface area contributed by atoms with Gasteiger partial charge in [0.1, 0.15) is 6.04 Å². The second-order valence-electron chi connectivity index (χ2n) is 4.69. The van der Waals surface area contributed by atoms with Gasteiger partial charge in [0.15, 0.2) is 0 Å². The molecule has 21 heavy (non-hydrogen) atoms. The van der Waals surface area contributed by atoms with Crippen LogP contribution in [0.1, 0.15) is 18.9 Å². The van der Waals surface area contributed by atoms with E-state index in [9.17, 15) is 4.79 Å². The lowest BCUT2D eigenvalue weighted by atomic mass is 10.1. The SMILES string of the molecule is CCOC(=O)C(N)CCSCc1cccc2cccnc12. The van der Waals surface area contributed by atoms with Crippen molar-refractivity contribution in [1.82, 2.24) is 4.98 Å². The number of benzene rings is 1. The Morgan fingerprint density at radius 3 is 3.00 bits per heavy atom. The molecule has 1 aromatic carbocycles. The van der Waals surface area contributed by atoms with Crippen molar-refractivity contribution in [3.8, 4) is 0 Å². The average Bonchev–Trinajstić information content (AvgIpc) is 2.51. The third-order valence-electron chi connectivity index (χ3n) is 3.14. The number of aromatic nitrogens is 1. The van der Waals surface area contributed by atoms with Crippen LogP contribution < -0.4 is 5.73 Å². The lowest BCUT2D eigenvalue weighted by Crippen LogP contribution is -2.32. The van der Waals surface area contributed by atoms with Crippen molar-refractivity contribution in [2.75, 3.05) is 12.4 Å². The van der Waals surface area contributed by atoms with Crippen LogP contribution in [0.15, 0.2) is 36.5 Å². The molecule has 0 aliphatic heterocycles. The number of hydrogen-bond donors (Lipinski definition) is 1. The van der Waals surface area contributed by atoms with Gasteiger partial charge >= 0.3 is 5.97 Å². The van der Waals surface area contributed by atoms with Gasteiger partial charge in [-0.15, -0.1) is 0 Å². The highest BCUT2D eigenvalue weighted by molar-refractivity contribution is 7.98. The van der Waals surface area contributed by atoms with E-state index in [1.807, 2.05) is 18.3 Å². The second-order valence-corrected chi connectivity index (χ2v) is 5.80. The fraction of sp³-hybridized carbons (Fsp3) is 0.375. The van der Waals surface area contributed by atoms with E-state index in [0.717, 1.165) is 22.4 Å². The van der Waals surface area contributed by atoms with Crippen molar-refractivity contribution >= 4 is 28.6 Å². The zero-order chi connectivity index (χ0) is 15.1. The molecule has 5 heteroatoms. The van der Waals surface area contributed by atoms with E-state index in [0.29, 0.717) is 13.0 Å². The maximum atomic E-state index is 11.4. The van der Waals surface area contributed by atoms with Crippen molar-refractivity contribution < 1.29 is 9.53 Å². The molecule has 0 saturated carbocycles. The van der Waals surface area contributed by atoms with Gasteiger partial charge in [-0.1, -0.05) is 24.3 Å². The number of carbonyl (C=O) groups is 1. The summed E-state index contributed by atoms with van der Waals surface area (Å²) in [5.41, 5.74) is 8.03. The summed E-state index contributed by atoms with van der Waals surface area (Å²) < 4.78 is 4.89. The lowest BCUT2D eigenvalue weighted by Gasteiger charge is -2.10. The summed E-state index contributed by atoms with van der Waals surface area (Å²) in [7, 11) is 0. The zero-order valence-electron chi connectivity index (χ0n) is 12.1. The minimum absolute atomic E-state index is 0.315. The van der Waals surface area contributed by atoms with Crippen LogP contribution in [0.2, 0.25) is 0 Å². The normalized spacial score (nSPS) is 12.3. The van der Waals surface area contributed by atoms with Gasteiger partial charge in [0, 0.05) is 17.3 Å². The van der Waals surface area contributed by atoms with E-state index < -0.39 is 6.04 Å². The molecule has 0 fully saturated rings. The number of nitrogens with two attached hydrogens (primary N) is 1. The second kappa shape index (κ2) is 8.00. The number of thioether (sulfide) groups is 1. The molecule has 0 aliphatic carbocycles. The molecular weight excluding hydrogens is 284 g/mol. The molecule has 1 aromatic heterocycles. The molecule has 2 aromatic rings. The summed E-state index contributed by atoms with van der Waals surface area (Å²) in [6.07, 6.45) is 2.44. The van der Waals surface area contributed by atoms with E-state index >= 15 is 0 Å². The molecule has 0 saturated heterocycles. The van der Waals surface area contributed by atoms with Crippen LogP contribution in [0, 0.1) is 0 Å². The van der Waals surface area contributed by atoms with Crippen LogP contribution in [0.4, 0.5) is 0 Å². The number of nitrogens with zero attached hydrogens (tertiary/aromatic N) is 1. The molecule has 0 radical (unpaired) electrons. The number of fused-ring (bicyclic) bond motifs is 1. The van der Waals surface area contributed by atoms with Crippen molar-refractivity contribution in [2.45, 2.75) is 25.1 Å². The number of hydrogen-bond acceptors (Lipinski definition) is 5. The highest BCUT2D eigenvalue weighted by Crippen LogP contribution is 2.21. The zero-order valence-corrected chi connectivity index (χ0v) is 12.9. The molecule has 0 bridgehead atoms. The van der Waals surface area contributed by atoms with Gasteiger partial charge in [-0.3, -0.25) is 9.78 Å². The monoisotopic (exact) mass is 304 g/mol. The first-order valence-electron chi connectivity index (χ1n) is 7.05. The number of rotatable bonds is 7. The lowest BCUT2D eigenvalue weighted by molar-refractivity contribution is -0.144. The molecule has 0 aliphatic rings. The fourth-order valence-corrected chi connectivity index (χ4v) is 3.06. The van der Waals surface area contributed by atoms with E-state index in [1.54, 1.807) is 18.7 Å². The summed E-state index contributed by atoms with van der Waals surface area (Å²) in [6, 6.07) is 9.68. The van der Waals surface area contributed by atoms with Gasteiger partial charge in [0.05, 0.1) is 12.1 Å². The van der Waals surface area contributed by atoms with Crippen LogP contribution in [-0.4, -0.2) is 29.4 Å². The van der Waals surface area contributed by atoms with Crippen LogP contribution in [0.5, 0.6) is 0 Å². The van der Waals surface area contributed by atoms with Gasteiger partial charge in [-0.25, -0.2) is 0 Å². The van der Waals surface area contributed by atoms with Crippen molar-refractivity contribution in [3.63, 3.8) is 0 Å². The number of ether oxygens (including phenoxy) is 1. The van der Waals surface area contributed by atoms with Crippen LogP contribution in [0.3, 0.4) is 0 Å². The predicted octanol–water partition coefficient (Wildman–Crippen LogP) is 2.75. The Morgan fingerprint density at radius 2 is 2.19 bits per heavy atom. The Hall–Kier alpha value is -1.59. The molecule has 0 amide bonds. The minimum Gasteiger partial charge on any atom is -0.465 e. The highest BCUT2D eigenvalue weighted by atomic mass is 32.2. The quantitative estimate of drug-likeness (QED) is 0.629. The van der Waals surface area contributed by atoms with E-state index in [1.165, 1.54) is 5.56 Å². The van der Waals surface area contributed by atoms with Gasteiger partial charge in [0.2, 0.25) is 0 Å². The van der Waals surface area contributed by atoms with Crippen LogP contribution in [0.25, 0.3) is 10.9 Å². The summed E-state index contributed by atoms with van der Waals surface area (Å²) in [6.45, 7) is 2.16. The fourth-order valence-electron chi connectivity index (χ4n) is 2.04. The first-order valence-corrected chi connectivity index (χ1v) is 8.20. The van der Waals surface area contributed by atoms with Gasteiger partial charge in [-0.05, 0) is 30.7 Å². The van der Waals surface area contributed by atoms with E-state index in [2.05, 4.69) is 23.2 Å². The molecule has 1 unspecified atom stereocenters. The number of carbonyl (C=O) groups excluding carboxylic acids is 1. The van der Waals surface area contributed by atoms with Crippen molar-refractivity contribution in [1.29, 1.82) is 0 Å². The molecule has 4 nitrogen and oxygen atoms in total. The third-order valence-corrected chi connectivity index (χ3v) is 4.18. The molecule has 1 heterocycles. The number of pyridine rings is 1. The largest absolute Gasteiger partial charge is 0.465 e. The molecule has 2 N–H and O–H groups in total. The van der Waals surface area contributed by atoms with Crippen molar-refractivity contribution in [3.05, 3.63) is 42.1 Å². The Morgan fingerprint density at radius 1 is 1.38 bits per heavy atom. The van der Waals surface area contributed by atoms with Crippen LogP contribution in [-0.2, 0) is 15.3 Å². The molecule has 112 valence electrons. The van der Waals surface area contributed by atoms with Gasteiger partial charge in [-0.2, -0.15) is 11.8 Å². The van der Waals surface area contributed by atoms with Gasteiger partial charge < -0.3 is 10.5 Å². The maximum Gasteiger partial charge on any atom is 0.322 e. The summed E-state index contributed by atoms with van der Waals surface area (Å²) in [5, 5.41) is 1.15. The summed E-state index contributed by atoms with van der Waals surface area (Å²) >= 11 is 1.76.